The van der Waals surface area contributed by atoms with Gasteiger partial charge in [0.05, 0.1) is 5.56 Å². The van der Waals surface area contributed by atoms with E-state index in [1.54, 1.807) is 42.5 Å². The molecule has 6 heteroatoms. The third kappa shape index (κ3) is 5.81. The highest BCUT2D eigenvalue weighted by molar-refractivity contribution is 6.09. The van der Waals surface area contributed by atoms with Gasteiger partial charge in [0.2, 0.25) is 0 Å². The van der Waals surface area contributed by atoms with Crippen LogP contribution in [0.4, 0.5) is 5.69 Å². The highest BCUT2D eigenvalue weighted by Crippen LogP contribution is 2.18. The van der Waals surface area contributed by atoms with Crippen molar-refractivity contribution in [2.24, 2.45) is 0 Å². The molecule has 3 aromatic carbocycles. The summed E-state index contributed by atoms with van der Waals surface area (Å²) in [6.07, 6.45) is 1.52. The van der Waals surface area contributed by atoms with Gasteiger partial charge in [-0.15, -0.1) is 0 Å². The van der Waals surface area contributed by atoms with Gasteiger partial charge in [-0.05, 0) is 60.0 Å². The number of ether oxygens (including phenoxy) is 1. The number of rotatable bonds is 7. The van der Waals surface area contributed by atoms with E-state index < -0.39 is 11.9 Å². The Labute approximate surface area is 180 Å². The monoisotopic (exact) mass is 412 g/mol. The number of nitrogens with one attached hydrogen (secondary N) is 1. The number of carboxylic acids is 1. The summed E-state index contributed by atoms with van der Waals surface area (Å²) in [6, 6.07) is 22.7. The third-order valence-electron chi connectivity index (χ3n) is 4.56. The molecule has 6 nitrogen and oxygen atoms in total. The van der Waals surface area contributed by atoms with Crippen LogP contribution in [0.3, 0.4) is 0 Å². The van der Waals surface area contributed by atoms with Gasteiger partial charge < -0.3 is 15.2 Å². The number of benzene rings is 3. The van der Waals surface area contributed by atoms with Crippen LogP contribution in [0.25, 0.3) is 6.08 Å². The van der Waals surface area contributed by atoms with Crippen molar-refractivity contribution in [3.8, 4) is 11.8 Å². The van der Waals surface area contributed by atoms with Crippen molar-refractivity contribution < 1.29 is 19.4 Å². The van der Waals surface area contributed by atoms with Crippen LogP contribution in [0.5, 0.6) is 5.75 Å². The van der Waals surface area contributed by atoms with Gasteiger partial charge in [-0.1, -0.05) is 42.5 Å². The van der Waals surface area contributed by atoms with E-state index in [1.165, 1.54) is 18.2 Å². The van der Waals surface area contributed by atoms with E-state index in [-0.39, 0.29) is 17.7 Å². The zero-order valence-electron chi connectivity index (χ0n) is 16.8. The lowest BCUT2D eigenvalue weighted by Gasteiger charge is -2.08. The molecular formula is C25H20N2O4. The molecule has 0 fully saturated rings. The number of carbonyl (C=O) groups is 2. The molecule has 0 aliphatic carbocycles. The molecule has 0 bridgehead atoms. The van der Waals surface area contributed by atoms with E-state index in [0.717, 1.165) is 11.1 Å². The van der Waals surface area contributed by atoms with Crippen LogP contribution in [0.2, 0.25) is 0 Å². The van der Waals surface area contributed by atoms with Crippen LogP contribution >= 0.6 is 0 Å². The Balaban J connectivity index is 1.63. The minimum atomic E-state index is -0.972. The number of para-hydroxylation sites is 1. The van der Waals surface area contributed by atoms with Gasteiger partial charge in [0.1, 0.15) is 24.0 Å². The average Bonchev–Trinajstić information content (AvgIpc) is 2.78. The van der Waals surface area contributed by atoms with Crippen molar-refractivity contribution in [3.63, 3.8) is 0 Å². The number of amides is 1. The molecular weight excluding hydrogens is 392 g/mol. The van der Waals surface area contributed by atoms with Gasteiger partial charge in [0.15, 0.2) is 0 Å². The number of aromatic carboxylic acids is 1. The number of anilines is 1. The first kappa shape index (κ1) is 21.3. The van der Waals surface area contributed by atoms with Crippen LogP contribution in [-0.2, 0) is 11.4 Å². The van der Waals surface area contributed by atoms with E-state index in [1.807, 2.05) is 31.2 Å². The fraction of sp³-hybridized carbons (Fsp3) is 0.0800. The number of hydrogen-bond acceptors (Lipinski definition) is 4. The van der Waals surface area contributed by atoms with Gasteiger partial charge in [-0.2, -0.15) is 5.26 Å². The number of nitriles is 1. The second-order valence-corrected chi connectivity index (χ2v) is 6.80. The summed E-state index contributed by atoms with van der Waals surface area (Å²) < 4.78 is 5.71. The maximum absolute atomic E-state index is 12.4. The largest absolute Gasteiger partial charge is 0.489 e. The minimum absolute atomic E-state index is 0.00422. The summed E-state index contributed by atoms with van der Waals surface area (Å²) in [7, 11) is 0. The van der Waals surface area contributed by atoms with E-state index >= 15 is 0 Å². The predicted molar refractivity (Wildman–Crippen MR) is 118 cm³/mol. The highest BCUT2D eigenvalue weighted by atomic mass is 16.5. The smallest absolute Gasteiger partial charge is 0.335 e. The Kier molecular flexibility index (Phi) is 6.82. The van der Waals surface area contributed by atoms with Crippen molar-refractivity contribution in [1.29, 1.82) is 5.26 Å². The summed E-state index contributed by atoms with van der Waals surface area (Å²) in [5.74, 6) is -0.829. The van der Waals surface area contributed by atoms with Crippen LogP contribution in [-0.4, -0.2) is 17.0 Å². The standard InChI is InChI=1S/C25H20N2O4/c1-17-4-2-3-5-23(17)27-24(28)21(15-26)14-18-8-12-22(13-9-18)31-16-19-6-10-20(11-7-19)25(29)30/h2-14H,16H2,1H3,(H,27,28)(H,29,30). The second-order valence-electron chi connectivity index (χ2n) is 6.80. The molecule has 0 atom stereocenters. The normalized spacial score (nSPS) is 10.8. The van der Waals surface area contributed by atoms with Crippen LogP contribution in [0, 0.1) is 18.3 Å². The number of carbonyl (C=O) groups excluding carboxylic acids is 1. The molecule has 0 saturated carbocycles. The molecule has 2 N–H and O–H groups in total. The van der Waals surface area contributed by atoms with Crippen molar-refractivity contribution in [1.82, 2.24) is 0 Å². The molecule has 0 unspecified atom stereocenters. The molecule has 0 spiro atoms. The van der Waals surface area contributed by atoms with Crippen molar-refractivity contribution in [2.45, 2.75) is 13.5 Å². The molecule has 0 radical (unpaired) electrons. The lowest BCUT2D eigenvalue weighted by molar-refractivity contribution is -0.112. The SMILES string of the molecule is Cc1ccccc1NC(=O)C(C#N)=Cc1ccc(OCc2ccc(C(=O)O)cc2)cc1. The lowest BCUT2D eigenvalue weighted by atomic mass is 10.1. The first-order chi connectivity index (χ1) is 15.0. The Hall–Kier alpha value is -4.37. The Bertz CT molecular complexity index is 1160. The summed E-state index contributed by atoms with van der Waals surface area (Å²) in [6.45, 7) is 2.17. The Morgan fingerprint density at radius 3 is 2.32 bits per heavy atom. The highest BCUT2D eigenvalue weighted by Gasteiger charge is 2.10. The van der Waals surface area contributed by atoms with Gasteiger partial charge >= 0.3 is 5.97 Å². The molecule has 0 aliphatic heterocycles. The first-order valence-electron chi connectivity index (χ1n) is 9.50. The molecule has 1 amide bonds. The third-order valence-corrected chi connectivity index (χ3v) is 4.56. The van der Waals surface area contributed by atoms with E-state index in [2.05, 4.69) is 5.32 Å². The Morgan fingerprint density at radius 1 is 1.03 bits per heavy atom. The van der Waals surface area contributed by atoms with E-state index in [4.69, 9.17) is 9.84 Å². The fourth-order valence-electron chi connectivity index (χ4n) is 2.79. The quantitative estimate of drug-likeness (QED) is 0.428. The number of aryl methyl sites for hydroxylation is 1. The Morgan fingerprint density at radius 2 is 1.71 bits per heavy atom. The molecule has 3 aromatic rings. The molecule has 154 valence electrons. The first-order valence-corrected chi connectivity index (χ1v) is 9.50. The topological polar surface area (TPSA) is 99.4 Å². The number of carboxylic acid groups (broad SMARTS) is 1. The predicted octanol–water partition coefficient (Wildman–Crippen LogP) is 4.82. The molecule has 0 aromatic heterocycles. The molecule has 0 aliphatic rings. The number of nitrogens with zero attached hydrogens (tertiary/aromatic N) is 1. The van der Waals surface area contributed by atoms with Crippen molar-refractivity contribution >= 4 is 23.6 Å². The summed E-state index contributed by atoms with van der Waals surface area (Å²) in [5, 5.41) is 21.1. The minimum Gasteiger partial charge on any atom is -0.489 e. The van der Waals surface area contributed by atoms with E-state index in [9.17, 15) is 14.9 Å². The molecule has 0 heterocycles. The van der Waals surface area contributed by atoms with Gasteiger partial charge in [-0.3, -0.25) is 4.79 Å². The van der Waals surface area contributed by atoms with Gasteiger partial charge in [0.25, 0.3) is 5.91 Å². The van der Waals surface area contributed by atoms with Crippen molar-refractivity contribution in [3.05, 3.63) is 101 Å². The van der Waals surface area contributed by atoms with Gasteiger partial charge in [0, 0.05) is 5.69 Å². The van der Waals surface area contributed by atoms with Gasteiger partial charge in [-0.25, -0.2) is 4.79 Å². The van der Waals surface area contributed by atoms with Crippen LogP contribution in [0.1, 0.15) is 27.0 Å². The zero-order chi connectivity index (χ0) is 22.2. The maximum Gasteiger partial charge on any atom is 0.335 e. The fourth-order valence-corrected chi connectivity index (χ4v) is 2.79. The lowest BCUT2D eigenvalue weighted by Crippen LogP contribution is -2.14. The maximum atomic E-state index is 12.4. The molecule has 3 rings (SSSR count). The van der Waals surface area contributed by atoms with Crippen LogP contribution < -0.4 is 10.1 Å². The second kappa shape index (κ2) is 9.90. The molecule has 31 heavy (non-hydrogen) atoms. The number of hydrogen-bond donors (Lipinski definition) is 2. The average molecular weight is 412 g/mol. The molecule has 0 saturated heterocycles. The van der Waals surface area contributed by atoms with Crippen molar-refractivity contribution in [2.75, 3.05) is 5.32 Å². The van der Waals surface area contributed by atoms with Crippen LogP contribution in [0.15, 0.2) is 78.4 Å². The summed E-state index contributed by atoms with van der Waals surface area (Å²) >= 11 is 0. The summed E-state index contributed by atoms with van der Waals surface area (Å²) in [4.78, 5) is 23.3. The van der Waals surface area contributed by atoms with E-state index in [0.29, 0.717) is 17.0 Å². The zero-order valence-corrected chi connectivity index (χ0v) is 16.8. The summed E-state index contributed by atoms with van der Waals surface area (Å²) in [5.41, 5.74) is 3.32.